The Kier molecular flexibility index (Phi) is 5.04. The third-order valence-corrected chi connectivity index (χ3v) is 4.61. The normalized spacial score (nSPS) is 22.1. The van der Waals surface area contributed by atoms with E-state index in [-0.39, 0.29) is 5.91 Å². The zero-order valence-electron chi connectivity index (χ0n) is 12.1. The Balaban J connectivity index is 2.20. The Bertz CT molecular complexity index is 542. The van der Waals surface area contributed by atoms with Crippen molar-refractivity contribution in [2.75, 3.05) is 13.1 Å². The molecule has 21 heavy (non-hydrogen) atoms. The SMILES string of the molecule is CCCC1(C(=O)O)CCCN(C(=O)c2cccc(Br)c2)C1. The molecule has 114 valence electrons. The molecule has 1 fully saturated rings. The van der Waals surface area contributed by atoms with Crippen LogP contribution in [0.2, 0.25) is 0 Å². The predicted molar refractivity (Wildman–Crippen MR) is 84.3 cm³/mol. The number of carboxylic acids is 1. The first-order chi connectivity index (χ1) is 9.98. The van der Waals surface area contributed by atoms with Gasteiger partial charge in [0.1, 0.15) is 0 Å². The van der Waals surface area contributed by atoms with Gasteiger partial charge in [-0.3, -0.25) is 9.59 Å². The molecule has 0 aromatic heterocycles. The van der Waals surface area contributed by atoms with Gasteiger partial charge in [-0.25, -0.2) is 0 Å². The number of hydrogen-bond acceptors (Lipinski definition) is 2. The summed E-state index contributed by atoms with van der Waals surface area (Å²) in [7, 11) is 0. The molecule has 0 aliphatic carbocycles. The minimum absolute atomic E-state index is 0.0854. The van der Waals surface area contributed by atoms with E-state index in [1.165, 1.54) is 0 Å². The molecule has 4 nitrogen and oxygen atoms in total. The molecule has 1 saturated heterocycles. The van der Waals surface area contributed by atoms with Gasteiger partial charge < -0.3 is 10.0 Å². The second kappa shape index (κ2) is 6.60. The van der Waals surface area contributed by atoms with Gasteiger partial charge in [0.05, 0.1) is 5.41 Å². The van der Waals surface area contributed by atoms with E-state index in [1.54, 1.807) is 17.0 Å². The van der Waals surface area contributed by atoms with Crippen LogP contribution in [0.1, 0.15) is 43.0 Å². The topological polar surface area (TPSA) is 57.6 Å². The first kappa shape index (κ1) is 16.0. The number of carbonyl (C=O) groups excluding carboxylic acids is 1. The lowest BCUT2D eigenvalue weighted by Gasteiger charge is -2.40. The van der Waals surface area contributed by atoms with Crippen molar-refractivity contribution in [1.29, 1.82) is 0 Å². The van der Waals surface area contributed by atoms with E-state index in [0.29, 0.717) is 31.5 Å². The maximum absolute atomic E-state index is 12.6. The smallest absolute Gasteiger partial charge is 0.311 e. The summed E-state index contributed by atoms with van der Waals surface area (Å²) >= 11 is 3.36. The third-order valence-electron chi connectivity index (χ3n) is 4.12. The Morgan fingerprint density at radius 1 is 1.43 bits per heavy atom. The van der Waals surface area contributed by atoms with Crippen LogP contribution in [0.25, 0.3) is 0 Å². The average molecular weight is 354 g/mol. The molecule has 0 radical (unpaired) electrons. The minimum atomic E-state index is -0.783. The first-order valence-electron chi connectivity index (χ1n) is 7.27. The largest absolute Gasteiger partial charge is 0.481 e. The van der Waals surface area contributed by atoms with Gasteiger partial charge in [0.2, 0.25) is 0 Å². The highest BCUT2D eigenvalue weighted by molar-refractivity contribution is 9.10. The number of nitrogens with zero attached hydrogens (tertiary/aromatic N) is 1. The van der Waals surface area contributed by atoms with Crippen molar-refractivity contribution in [1.82, 2.24) is 4.90 Å². The van der Waals surface area contributed by atoms with Crippen molar-refractivity contribution in [2.45, 2.75) is 32.6 Å². The molecule has 5 heteroatoms. The van der Waals surface area contributed by atoms with E-state index in [0.717, 1.165) is 17.3 Å². The number of likely N-dealkylation sites (tertiary alicyclic amines) is 1. The van der Waals surface area contributed by atoms with Crippen molar-refractivity contribution in [2.24, 2.45) is 5.41 Å². The summed E-state index contributed by atoms with van der Waals surface area (Å²) in [5, 5.41) is 9.59. The maximum Gasteiger partial charge on any atom is 0.311 e. The summed E-state index contributed by atoms with van der Waals surface area (Å²) in [5.41, 5.74) is -0.184. The zero-order chi connectivity index (χ0) is 15.5. The fourth-order valence-corrected chi connectivity index (χ4v) is 3.47. The molecule has 1 aliphatic rings. The van der Waals surface area contributed by atoms with E-state index in [1.807, 2.05) is 19.1 Å². The summed E-state index contributed by atoms with van der Waals surface area (Å²) in [5.74, 6) is -0.867. The lowest BCUT2D eigenvalue weighted by atomic mass is 9.76. The standard InChI is InChI=1S/C16H20BrNO3/c1-2-7-16(15(20)21)8-4-9-18(11-16)14(19)12-5-3-6-13(17)10-12/h3,5-6,10H,2,4,7-9,11H2,1H3,(H,20,21). The quantitative estimate of drug-likeness (QED) is 0.900. The number of carboxylic acid groups (broad SMARTS) is 1. The number of benzene rings is 1. The molecule has 1 heterocycles. The number of rotatable bonds is 4. The van der Waals surface area contributed by atoms with Crippen LogP contribution < -0.4 is 0 Å². The molecule has 1 amide bonds. The second-order valence-electron chi connectivity index (χ2n) is 5.68. The molecule has 1 aromatic carbocycles. The lowest BCUT2D eigenvalue weighted by Crippen LogP contribution is -2.49. The minimum Gasteiger partial charge on any atom is -0.481 e. The van der Waals surface area contributed by atoms with E-state index < -0.39 is 11.4 Å². The average Bonchev–Trinajstić information content (AvgIpc) is 2.47. The van der Waals surface area contributed by atoms with E-state index in [2.05, 4.69) is 15.9 Å². The molecule has 1 N–H and O–H groups in total. The third kappa shape index (κ3) is 3.46. The summed E-state index contributed by atoms with van der Waals surface area (Å²) in [6.07, 6.45) is 2.82. The monoisotopic (exact) mass is 353 g/mol. The van der Waals surface area contributed by atoms with Gasteiger partial charge in [-0.1, -0.05) is 35.3 Å². The van der Waals surface area contributed by atoms with Crippen LogP contribution >= 0.6 is 15.9 Å². The Labute approximate surface area is 133 Å². The number of halogens is 1. The molecule has 2 rings (SSSR count). The van der Waals surface area contributed by atoms with Gasteiger partial charge >= 0.3 is 5.97 Å². The van der Waals surface area contributed by atoms with Gasteiger partial charge in [-0.15, -0.1) is 0 Å². The summed E-state index contributed by atoms with van der Waals surface area (Å²) in [6.45, 7) is 2.92. The van der Waals surface area contributed by atoms with Crippen LogP contribution in [0.3, 0.4) is 0 Å². The van der Waals surface area contributed by atoms with Crippen molar-refractivity contribution < 1.29 is 14.7 Å². The van der Waals surface area contributed by atoms with E-state index in [9.17, 15) is 14.7 Å². The summed E-state index contributed by atoms with van der Waals surface area (Å²) in [6, 6.07) is 7.23. The van der Waals surface area contributed by atoms with Crippen LogP contribution in [0.5, 0.6) is 0 Å². The molecule has 1 unspecified atom stereocenters. The fourth-order valence-electron chi connectivity index (χ4n) is 3.07. The van der Waals surface area contributed by atoms with Crippen LogP contribution in [0, 0.1) is 5.41 Å². The van der Waals surface area contributed by atoms with Gasteiger partial charge in [-0.2, -0.15) is 0 Å². The lowest BCUT2D eigenvalue weighted by molar-refractivity contribution is -0.152. The Hall–Kier alpha value is -1.36. The first-order valence-corrected chi connectivity index (χ1v) is 8.06. The molecule has 1 aliphatic heterocycles. The predicted octanol–water partition coefficient (Wildman–Crippen LogP) is 3.56. The van der Waals surface area contributed by atoms with Crippen molar-refractivity contribution >= 4 is 27.8 Å². The highest BCUT2D eigenvalue weighted by atomic mass is 79.9. The number of amides is 1. The van der Waals surface area contributed by atoms with Crippen LogP contribution in [-0.2, 0) is 4.79 Å². The molecule has 1 atom stereocenters. The van der Waals surface area contributed by atoms with Gasteiger partial charge in [0, 0.05) is 23.1 Å². The summed E-state index contributed by atoms with van der Waals surface area (Å²) < 4.78 is 0.850. The van der Waals surface area contributed by atoms with Gasteiger partial charge in [0.15, 0.2) is 0 Å². The van der Waals surface area contributed by atoms with Gasteiger partial charge in [0.25, 0.3) is 5.91 Å². The zero-order valence-corrected chi connectivity index (χ0v) is 13.7. The molecular weight excluding hydrogens is 334 g/mol. The number of aliphatic carboxylic acids is 1. The van der Waals surface area contributed by atoms with Crippen molar-refractivity contribution in [3.8, 4) is 0 Å². The van der Waals surface area contributed by atoms with Crippen LogP contribution in [-0.4, -0.2) is 35.0 Å². The second-order valence-corrected chi connectivity index (χ2v) is 6.59. The summed E-state index contributed by atoms with van der Waals surface area (Å²) in [4.78, 5) is 25.9. The molecular formula is C16H20BrNO3. The fraction of sp³-hybridized carbons (Fsp3) is 0.500. The molecule has 0 bridgehead atoms. The van der Waals surface area contributed by atoms with Crippen molar-refractivity contribution in [3.05, 3.63) is 34.3 Å². The highest BCUT2D eigenvalue weighted by Gasteiger charge is 2.42. The Morgan fingerprint density at radius 2 is 2.19 bits per heavy atom. The van der Waals surface area contributed by atoms with E-state index in [4.69, 9.17) is 0 Å². The maximum atomic E-state index is 12.6. The number of carbonyl (C=O) groups is 2. The number of piperidine rings is 1. The van der Waals surface area contributed by atoms with Gasteiger partial charge in [-0.05, 0) is 37.5 Å². The Morgan fingerprint density at radius 3 is 2.81 bits per heavy atom. The highest BCUT2D eigenvalue weighted by Crippen LogP contribution is 2.35. The molecule has 1 aromatic rings. The molecule has 0 saturated carbocycles. The van der Waals surface area contributed by atoms with Crippen LogP contribution in [0.4, 0.5) is 0 Å². The van der Waals surface area contributed by atoms with Crippen LogP contribution in [0.15, 0.2) is 28.7 Å². The van der Waals surface area contributed by atoms with E-state index >= 15 is 0 Å². The molecule has 0 spiro atoms. The number of hydrogen-bond donors (Lipinski definition) is 1. The van der Waals surface area contributed by atoms with Crippen molar-refractivity contribution in [3.63, 3.8) is 0 Å².